The van der Waals surface area contributed by atoms with E-state index in [0.717, 1.165) is 4.88 Å². The smallest absolute Gasteiger partial charge is 0.315 e. The van der Waals surface area contributed by atoms with Crippen molar-refractivity contribution in [3.63, 3.8) is 0 Å². The first-order valence-corrected chi connectivity index (χ1v) is 6.59. The van der Waals surface area contributed by atoms with Crippen LogP contribution < -0.4 is 0 Å². The van der Waals surface area contributed by atoms with Gasteiger partial charge in [0.25, 0.3) is 0 Å². The molecular formula is C10H9Cl3O2S. The molecule has 1 atom stereocenters. The van der Waals surface area contributed by atoms with E-state index >= 15 is 0 Å². The molecule has 1 aromatic rings. The van der Waals surface area contributed by atoms with Gasteiger partial charge in [-0.05, 0) is 19.1 Å². The van der Waals surface area contributed by atoms with Crippen LogP contribution in [0.1, 0.15) is 18.2 Å². The maximum absolute atomic E-state index is 11.7. The topological polar surface area (TPSA) is 26.3 Å². The molecule has 1 saturated carbocycles. The highest BCUT2D eigenvalue weighted by atomic mass is 35.5. The van der Waals surface area contributed by atoms with Crippen LogP contribution in [0.2, 0.25) is 4.34 Å². The summed E-state index contributed by atoms with van der Waals surface area (Å²) >= 11 is 18.9. The minimum Gasteiger partial charge on any atom is -0.459 e. The standard InChI is InChI=1S/C10H9Cl3O2S/c1-9(5-10(9,12)13)8(14)15-4-6-2-3-7(11)16-6/h2-3H,4-5H2,1H3. The molecule has 0 amide bonds. The lowest BCUT2D eigenvalue weighted by Gasteiger charge is -2.10. The fourth-order valence-electron chi connectivity index (χ4n) is 1.35. The van der Waals surface area contributed by atoms with E-state index in [1.807, 2.05) is 6.07 Å². The molecule has 1 aliphatic rings. The zero-order chi connectivity index (χ0) is 12.0. The number of halogens is 3. The van der Waals surface area contributed by atoms with Gasteiger partial charge in [-0.2, -0.15) is 0 Å². The molecule has 1 fully saturated rings. The minimum atomic E-state index is -0.975. The SMILES string of the molecule is CC1(C(=O)OCc2ccc(Cl)s2)CC1(Cl)Cl. The van der Waals surface area contributed by atoms with Gasteiger partial charge >= 0.3 is 5.97 Å². The largest absolute Gasteiger partial charge is 0.459 e. The second kappa shape index (κ2) is 4.05. The number of hydrogen-bond donors (Lipinski definition) is 0. The van der Waals surface area contributed by atoms with Gasteiger partial charge in [0.2, 0.25) is 0 Å². The highest BCUT2D eigenvalue weighted by Crippen LogP contribution is 2.64. The molecular weight excluding hydrogens is 291 g/mol. The van der Waals surface area contributed by atoms with E-state index in [9.17, 15) is 4.79 Å². The van der Waals surface area contributed by atoms with Crippen molar-refractivity contribution in [2.24, 2.45) is 5.41 Å². The van der Waals surface area contributed by atoms with Crippen LogP contribution in [0.25, 0.3) is 0 Å². The number of ether oxygens (including phenoxy) is 1. The Bertz CT molecular complexity index is 429. The maximum Gasteiger partial charge on any atom is 0.315 e. The van der Waals surface area contributed by atoms with Crippen LogP contribution in [0, 0.1) is 5.41 Å². The van der Waals surface area contributed by atoms with Crippen molar-refractivity contribution in [2.75, 3.05) is 0 Å². The molecule has 0 aliphatic heterocycles. The first kappa shape index (κ1) is 12.5. The first-order valence-electron chi connectivity index (χ1n) is 4.64. The molecule has 0 saturated heterocycles. The van der Waals surface area contributed by atoms with Crippen LogP contribution in [0.4, 0.5) is 0 Å². The number of carbonyl (C=O) groups is 1. The highest BCUT2D eigenvalue weighted by molar-refractivity contribution is 7.16. The number of rotatable bonds is 3. The lowest BCUT2D eigenvalue weighted by atomic mass is 10.1. The molecule has 1 heterocycles. The van der Waals surface area contributed by atoms with Crippen molar-refractivity contribution in [1.82, 2.24) is 0 Å². The van der Waals surface area contributed by atoms with Crippen LogP contribution in [0.3, 0.4) is 0 Å². The Labute approximate surface area is 112 Å². The quantitative estimate of drug-likeness (QED) is 0.622. The third-order valence-electron chi connectivity index (χ3n) is 2.68. The molecule has 0 bridgehead atoms. The predicted molar refractivity (Wildman–Crippen MR) is 66.3 cm³/mol. The molecule has 2 rings (SSSR count). The van der Waals surface area contributed by atoms with Crippen molar-refractivity contribution in [3.8, 4) is 0 Å². The Kier molecular flexibility index (Phi) is 3.17. The number of carbonyl (C=O) groups excluding carboxylic acids is 1. The van der Waals surface area contributed by atoms with Crippen LogP contribution >= 0.6 is 46.1 Å². The van der Waals surface area contributed by atoms with E-state index in [1.165, 1.54) is 11.3 Å². The molecule has 6 heteroatoms. The van der Waals surface area contributed by atoms with E-state index in [0.29, 0.717) is 10.8 Å². The monoisotopic (exact) mass is 298 g/mol. The summed E-state index contributed by atoms with van der Waals surface area (Å²) in [5.41, 5.74) is -0.767. The van der Waals surface area contributed by atoms with E-state index in [1.54, 1.807) is 13.0 Å². The van der Waals surface area contributed by atoms with Gasteiger partial charge in [-0.15, -0.1) is 34.5 Å². The van der Waals surface area contributed by atoms with Gasteiger partial charge in [0.15, 0.2) is 0 Å². The van der Waals surface area contributed by atoms with Gasteiger partial charge in [0.05, 0.1) is 4.34 Å². The van der Waals surface area contributed by atoms with Gasteiger partial charge in [0, 0.05) is 11.3 Å². The van der Waals surface area contributed by atoms with E-state index in [2.05, 4.69) is 0 Å². The summed E-state index contributed by atoms with van der Waals surface area (Å²) in [5, 5.41) is 0. The van der Waals surface area contributed by atoms with Crippen LogP contribution in [-0.4, -0.2) is 10.3 Å². The molecule has 1 aliphatic carbocycles. The van der Waals surface area contributed by atoms with Crippen LogP contribution in [0.5, 0.6) is 0 Å². The summed E-state index contributed by atoms with van der Waals surface area (Å²) in [6.45, 7) is 1.92. The van der Waals surface area contributed by atoms with Gasteiger partial charge in [-0.25, -0.2) is 0 Å². The van der Waals surface area contributed by atoms with Gasteiger partial charge < -0.3 is 4.74 Å². The Hall–Kier alpha value is 0.0400. The van der Waals surface area contributed by atoms with Crippen molar-refractivity contribution in [2.45, 2.75) is 24.3 Å². The van der Waals surface area contributed by atoms with E-state index in [4.69, 9.17) is 39.5 Å². The molecule has 88 valence electrons. The molecule has 0 N–H and O–H groups in total. The van der Waals surface area contributed by atoms with Crippen molar-refractivity contribution >= 4 is 52.1 Å². The summed E-state index contributed by atoms with van der Waals surface area (Å²) in [7, 11) is 0. The summed E-state index contributed by atoms with van der Waals surface area (Å²) in [6, 6.07) is 3.59. The molecule has 2 nitrogen and oxygen atoms in total. The lowest BCUT2D eigenvalue weighted by Crippen LogP contribution is -2.20. The van der Waals surface area contributed by atoms with Crippen molar-refractivity contribution in [1.29, 1.82) is 0 Å². The molecule has 0 aromatic carbocycles. The van der Waals surface area contributed by atoms with Crippen LogP contribution in [-0.2, 0) is 16.1 Å². The third kappa shape index (κ3) is 2.19. The summed E-state index contributed by atoms with van der Waals surface area (Å²) < 4.78 is 4.85. The fourth-order valence-corrected chi connectivity index (χ4v) is 3.04. The molecule has 1 aromatic heterocycles. The lowest BCUT2D eigenvalue weighted by molar-refractivity contribution is -0.150. The average molecular weight is 300 g/mol. The second-order valence-electron chi connectivity index (χ2n) is 4.00. The normalized spacial score (nSPS) is 26.5. The maximum atomic E-state index is 11.7. The summed E-state index contributed by atoms with van der Waals surface area (Å²) in [6.07, 6.45) is 0.438. The molecule has 0 radical (unpaired) electrons. The Balaban J connectivity index is 1.90. The first-order chi connectivity index (χ1) is 7.35. The second-order valence-corrected chi connectivity index (χ2v) is 7.28. The van der Waals surface area contributed by atoms with Gasteiger partial charge in [-0.1, -0.05) is 11.6 Å². The fraction of sp³-hybridized carbons (Fsp3) is 0.500. The number of hydrogen-bond acceptors (Lipinski definition) is 3. The zero-order valence-electron chi connectivity index (χ0n) is 8.43. The summed E-state index contributed by atoms with van der Waals surface area (Å²) in [4.78, 5) is 12.6. The Morgan fingerprint density at radius 2 is 2.19 bits per heavy atom. The number of esters is 1. The average Bonchev–Trinajstić information content (AvgIpc) is 2.57. The van der Waals surface area contributed by atoms with E-state index in [-0.39, 0.29) is 12.6 Å². The number of thiophene rings is 1. The van der Waals surface area contributed by atoms with E-state index < -0.39 is 9.75 Å². The van der Waals surface area contributed by atoms with Crippen molar-refractivity contribution < 1.29 is 9.53 Å². The van der Waals surface area contributed by atoms with Gasteiger partial charge in [-0.3, -0.25) is 4.79 Å². The van der Waals surface area contributed by atoms with Crippen molar-refractivity contribution in [3.05, 3.63) is 21.3 Å². The Morgan fingerprint density at radius 1 is 1.56 bits per heavy atom. The van der Waals surface area contributed by atoms with Crippen LogP contribution in [0.15, 0.2) is 12.1 Å². The summed E-state index contributed by atoms with van der Waals surface area (Å²) in [5.74, 6) is -0.359. The highest BCUT2D eigenvalue weighted by Gasteiger charge is 2.69. The molecule has 1 unspecified atom stereocenters. The predicted octanol–water partition coefficient (Wildman–Crippen LogP) is 4.03. The van der Waals surface area contributed by atoms with Gasteiger partial charge in [0.1, 0.15) is 16.4 Å². The Morgan fingerprint density at radius 3 is 2.62 bits per heavy atom. The third-order valence-corrected chi connectivity index (χ3v) is 4.99. The molecule has 16 heavy (non-hydrogen) atoms. The zero-order valence-corrected chi connectivity index (χ0v) is 11.5. The number of alkyl halides is 2. The molecule has 0 spiro atoms. The minimum absolute atomic E-state index is 0.218.